The van der Waals surface area contributed by atoms with Gasteiger partial charge in [-0.2, -0.15) is 0 Å². The molecule has 15 heavy (non-hydrogen) atoms. The summed E-state index contributed by atoms with van der Waals surface area (Å²) in [4.78, 5) is 11.5. The summed E-state index contributed by atoms with van der Waals surface area (Å²) in [5.74, 6) is -0.591. The van der Waals surface area contributed by atoms with Crippen molar-refractivity contribution in [3.63, 3.8) is 0 Å². The zero-order valence-electron chi connectivity index (χ0n) is 8.59. The highest BCUT2D eigenvalue weighted by Crippen LogP contribution is 2.16. The van der Waals surface area contributed by atoms with Crippen LogP contribution in [0.4, 0.5) is 4.39 Å². The summed E-state index contributed by atoms with van der Waals surface area (Å²) in [7, 11) is 1.46. The van der Waals surface area contributed by atoms with Gasteiger partial charge >= 0.3 is 0 Å². The molecule has 0 aliphatic carbocycles. The third kappa shape index (κ3) is 3.29. The number of hydrogen-bond acceptors (Lipinski definition) is 2. The first-order valence-corrected chi connectivity index (χ1v) is 4.92. The Balaban J connectivity index is 2.73. The van der Waals surface area contributed by atoms with Crippen molar-refractivity contribution in [2.45, 2.75) is 19.4 Å². The van der Waals surface area contributed by atoms with Crippen LogP contribution in [0, 0.1) is 5.82 Å². The summed E-state index contributed by atoms with van der Waals surface area (Å²) in [5.41, 5.74) is 0.603. The second-order valence-electron chi connectivity index (χ2n) is 3.27. The fourth-order valence-corrected chi connectivity index (χ4v) is 1.24. The fourth-order valence-electron chi connectivity index (χ4n) is 1.13. The number of hydrogen-bond donors (Lipinski definition) is 0. The normalized spacial score (nSPS) is 12.5. The van der Waals surface area contributed by atoms with Gasteiger partial charge in [0.1, 0.15) is 11.9 Å². The summed E-state index contributed by atoms with van der Waals surface area (Å²) in [6, 6.07) is 4.34. The molecule has 1 aromatic carbocycles. The highest BCUT2D eigenvalue weighted by Gasteiger charge is 2.13. The lowest BCUT2D eigenvalue weighted by atomic mass is 10.1. The Morgan fingerprint density at radius 1 is 1.60 bits per heavy atom. The van der Waals surface area contributed by atoms with Crippen LogP contribution in [-0.4, -0.2) is 19.0 Å². The minimum Gasteiger partial charge on any atom is -0.374 e. The summed E-state index contributed by atoms with van der Waals surface area (Å²) >= 11 is 5.52. The van der Waals surface area contributed by atoms with Crippen LogP contribution in [0.5, 0.6) is 0 Å². The van der Waals surface area contributed by atoms with Gasteiger partial charge in [0.05, 0.1) is 5.02 Å². The number of halogens is 2. The highest BCUT2D eigenvalue weighted by atomic mass is 35.5. The molecule has 0 fully saturated rings. The molecular weight excluding hydrogens is 219 g/mol. The Kier molecular flexibility index (Phi) is 4.24. The first kappa shape index (κ1) is 12.1. The Morgan fingerprint density at radius 2 is 2.27 bits per heavy atom. The standard InChI is InChI=1S/C11H12ClFO2/c1-7(15-2)11(14)6-8-3-4-9(12)10(13)5-8/h3-5,7H,6H2,1-2H3. The van der Waals surface area contributed by atoms with Gasteiger partial charge in [-0.05, 0) is 24.6 Å². The van der Waals surface area contributed by atoms with Gasteiger partial charge in [0, 0.05) is 13.5 Å². The van der Waals surface area contributed by atoms with E-state index in [0.29, 0.717) is 5.56 Å². The van der Waals surface area contributed by atoms with Gasteiger partial charge in [-0.25, -0.2) is 4.39 Å². The molecule has 0 aliphatic heterocycles. The SMILES string of the molecule is COC(C)C(=O)Cc1ccc(Cl)c(F)c1. The second-order valence-corrected chi connectivity index (χ2v) is 3.68. The topological polar surface area (TPSA) is 26.3 Å². The quantitative estimate of drug-likeness (QED) is 0.795. The molecule has 4 heteroatoms. The molecule has 0 spiro atoms. The predicted octanol–water partition coefficient (Wildman–Crippen LogP) is 2.63. The molecule has 0 bridgehead atoms. The third-order valence-corrected chi connectivity index (χ3v) is 2.48. The van der Waals surface area contributed by atoms with Crippen LogP contribution in [0.3, 0.4) is 0 Å². The Morgan fingerprint density at radius 3 is 2.80 bits per heavy atom. The average Bonchev–Trinajstić information content (AvgIpc) is 2.22. The first-order valence-electron chi connectivity index (χ1n) is 4.54. The van der Waals surface area contributed by atoms with E-state index in [4.69, 9.17) is 16.3 Å². The van der Waals surface area contributed by atoms with Gasteiger partial charge in [-0.3, -0.25) is 4.79 Å². The van der Waals surface area contributed by atoms with Crippen LogP contribution < -0.4 is 0 Å². The van der Waals surface area contributed by atoms with Crippen molar-refractivity contribution in [1.29, 1.82) is 0 Å². The molecule has 1 atom stereocenters. The van der Waals surface area contributed by atoms with E-state index in [1.54, 1.807) is 13.0 Å². The number of methoxy groups -OCH3 is 1. The van der Waals surface area contributed by atoms with Gasteiger partial charge in [-0.1, -0.05) is 17.7 Å². The minimum atomic E-state index is -0.507. The molecule has 1 unspecified atom stereocenters. The summed E-state index contributed by atoms with van der Waals surface area (Å²) < 4.78 is 17.9. The summed E-state index contributed by atoms with van der Waals surface area (Å²) in [6.45, 7) is 1.66. The van der Waals surface area contributed by atoms with Crippen LogP contribution in [0.25, 0.3) is 0 Å². The van der Waals surface area contributed by atoms with Gasteiger partial charge in [0.15, 0.2) is 5.78 Å². The Labute approximate surface area is 93.0 Å². The molecule has 1 rings (SSSR count). The first-order chi connectivity index (χ1) is 7.04. The maximum atomic E-state index is 13.0. The fraction of sp³-hybridized carbons (Fsp3) is 0.364. The number of benzene rings is 1. The van der Waals surface area contributed by atoms with E-state index in [9.17, 15) is 9.18 Å². The van der Waals surface area contributed by atoms with Gasteiger partial charge in [-0.15, -0.1) is 0 Å². The monoisotopic (exact) mass is 230 g/mol. The van der Waals surface area contributed by atoms with Crippen LogP contribution in [-0.2, 0) is 16.0 Å². The van der Waals surface area contributed by atoms with Crippen LogP contribution >= 0.6 is 11.6 Å². The molecular formula is C11H12ClFO2. The minimum absolute atomic E-state index is 0.0611. The van der Waals surface area contributed by atoms with Gasteiger partial charge < -0.3 is 4.74 Å². The van der Waals surface area contributed by atoms with Crippen LogP contribution in [0.1, 0.15) is 12.5 Å². The second kappa shape index (κ2) is 5.24. The molecule has 0 N–H and O–H groups in total. The number of ether oxygens (including phenoxy) is 1. The molecule has 0 aliphatic rings. The molecule has 1 aromatic rings. The largest absolute Gasteiger partial charge is 0.374 e. The number of carbonyl (C=O) groups is 1. The van der Waals surface area contributed by atoms with Crippen molar-refractivity contribution < 1.29 is 13.9 Å². The smallest absolute Gasteiger partial charge is 0.165 e. The lowest BCUT2D eigenvalue weighted by Crippen LogP contribution is -2.20. The van der Waals surface area contributed by atoms with Crippen LogP contribution in [0.2, 0.25) is 5.02 Å². The van der Waals surface area contributed by atoms with E-state index < -0.39 is 11.9 Å². The van der Waals surface area contributed by atoms with Crippen molar-refractivity contribution >= 4 is 17.4 Å². The van der Waals surface area contributed by atoms with Crippen LogP contribution in [0.15, 0.2) is 18.2 Å². The molecule has 0 amide bonds. The lowest BCUT2D eigenvalue weighted by molar-refractivity contribution is -0.127. The van der Waals surface area contributed by atoms with Gasteiger partial charge in [0.25, 0.3) is 0 Å². The maximum absolute atomic E-state index is 13.0. The van der Waals surface area contributed by atoms with Gasteiger partial charge in [0.2, 0.25) is 0 Å². The molecule has 82 valence electrons. The van der Waals surface area contributed by atoms with Crippen molar-refractivity contribution in [3.8, 4) is 0 Å². The molecule has 2 nitrogen and oxygen atoms in total. The van der Waals surface area contributed by atoms with E-state index >= 15 is 0 Å². The van der Waals surface area contributed by atoms with E-state index in [1.807, 2.05) is 0 Å². The molecule has 0 heterocycles. The highest BCUT2D eigenvalue weighted by molar-refractivity contribution is 6.30. The summed E-state index contributed by atoms with van der Waals surface area (Å²) in [6.07, 6.45) is -0.313. The summed E-state index contributed by atoms with van der Waals surface area (Å²) in [5, 5.41) is 0.0611. The van der Waals surface area contributed by atoms with E-state index in [0.717, 1.165) is 0 Å². The molecule has 0 radical (unpaired) electrons. The average molecular weight is 231 g/mol. The number of carbonyl (C=O) groups excluding carboxylic acids is 1. The number of ketones is 1. The lowest BCUT2D eigenvalue weighted by Gasteiger charge is -2.08. The Hall–Kier alpha value is -0.930. The van der Waals surface area contributed by atoms with Crippen molar-refractivity contribution in [2.24, 2.45) is 0 Å². The molecule has 0 saturated heterocycles. The maximum Gasteiger partial charge on any atom is 0.165 e. The van der Waals surface area contributed by atoms with Crippen molar-refractivity contribution in [3.05, 3.63) is 34.6 Å². The van der Waals surface area contributed by atoms with E-state index in [1.165, 1.54) is 19.2 Å². The van der Waals surface area contributed by atoms with E-state index in [-0.39, 0.29) is 17.2 Å². The number of Topliss-reactive ketones (excluding diaryl/α,β-unsaturated/α-hetero) is 1. The molecule has 0 aromatic heterocycles. The van der Waals surface area contributed by atoms with Crippen molar-refractivity contribution in [2.75, 3.05) is 7.11 Å². The Bertz CT molecular complexity index is 366. The zero-order chi connectivity index (χ0) is 11.4. The molecule has 0 saturated carbocycles. The van der Waals surface area contributed by atoms with E-state index in [2.05, 4.69) is 0 Å². The van der Waals surface area contributed by atoms with Crippen molar-refractivity contribution in [1.82, 2.24) is 0 Å². The zero-order valence-corrected chi connectivity index (χ0v) is 9.34. The third-order valence-electron chi connectivity index (χ3n) is 2.17. The number of rotatable bonds is 4. The predicted molar refractivity (Wildman–Crippen MR) is 56.6 cm³/mol.